The summed E-state index contributed by atoms with van der Waals surface area (Å²) in [6.07, 6.45) is 0.688. The van der Waals surface area contributed by atoms with Crippen molar-refractivity contribution in [3.05, 3.63) is 142 Å². The zero-order chi connectivity index (χ0) is 34.2. The first-order valence-corrected chi connectivity index (χ1v) is 17.8. The van der Waals surface area contributed by atoms with Crippen LogP contribution in [0.25, 0.3) is 0 Å². The molecule has 5 aromatic rings. The monoisotopic (exact) mass is 691 g/mol. The Morgan fingerprint density at radius 1 is 0.898 bits per heavy atom. The van der Waals surface area contributed by atoms with Crippen LogP contribution in [0.1, 0.15) is 54.5 Å². The molecule has 2 N–H and O–H groups in total. The van der Waals surface area contributed by atoms with Gasteiger partial charge in [-0.15, -0.1) is 23.1 Å². The minimum Gasteiger partial charge on any atom is -0.497 e. The molecule has 0 bridgehead atoms. The van der Waals surface area contributed by atoms with Gasteiger partial charge in [-0.05, 0) is 66.4 Å². The number of thioether (sulfide) groups is 1. The van der Waals surface area contributed by atoms with Crippen molar-refractivity contribution in [2.75, 3.05) is 30.9 Å². The van der Waals surface area contributed by atoms with Gasteiger partial charge < -0.3 is 20.1 Å². The highest BCUT2D eigenvalue weighted by molar-refractivity contribution is 8.00. The largest absolute Gasteiger partial charge is 0.497 e. The second-order valence-corrected chi connectivity index (χ2v) is 13.8. The van der Waals surface area contributed by atoms with Crippen molar-refractivity contribution in [1.82, 2.24) is 4.90 Å². The van der Waals surface area contributed by atoms with E-state index in [0.29, 0.717) is 40.5 Å². The Morgan fingerprint density at radius 3 is 2.41 bits per heavy atom. The van der Waals surface area contributed by atoms with Gasteiger partial charge in [0.05, 0.1) is 19.3 Å². The Labute approximate surface area is 294 Å². The number of rotatable bonds is 12. The quantitative estimate of drug-likeness (QED) is 0.101. The second-order valence-electron chi connectivity index (χ2n) is 11.5. The molecule has 49 heavy (non-hydrogen) atoms. The van der Waals surface area contributed by atoms with Gasteiger partial charge >= 0.3 is 5.97 Å². The molecular weight excluding hydrogens is 655 g/mol. The zero-order valence-corrected chi connectivity index (χ0v) is 28.9. The number of esters is 1. The lowest BCUT2D eigenvalue weighted by molar-refractivity contribution is -0.115. The SMILES string of the molecule is CCOC(=O)c1c(NC(=O)C(Sc2cccc(NC(=O)c3cccc(OC)c3)c2)c2ccccc2)sc2c1CCN(Cc1ccccc1)C2. The molecule has 0 saturated carbocycles. The molecule has 1 aromatic heterocycles. The summed E-state index contributed by atoms with van der Waals surface area (Å²) in [5.41, 5.74) is 4.51. The lowest BCUT2D eigenvalue weighted by Gasteiger charge is -2.27. The van der Waals surface area contributed by atoms with E-state index in [9.17, 15) is 14.4 Å². The maximum Gasteiger partial charge on any atom is 0.341 e. The smallest absolute Gasteiger partial charge is 0.341 e. The first-order chi connectivity index (χ1) is 23.9. The Morgan fingerprint density at radius 2 is 1.65 bits per heavy atom. The van der Waals surface area contributed by atoms with Gasteiger partial charge in [0.25, 0.3) is 5.91 Å². The van der Waals surface area contributed by atoms with Gasteiger partial charge in [0.2, 0.25) is 5.91 Å². The molecule has 250 valence electrons. The van der Waals surface area contributed by atoms with Crippen molar-refractivity contribution in [1.29, 1.82) is 0 Å². The third-order valence-electron chi connectivity index (χ3n) is 8.12. The molecule has 1 atom stereocenters. The summed E-state index contributed by atoms with van der Waals surface area (Å²) < 4.78 is 10.7. The lowest BCUT2D eigenvalue weighted by atomic mass is 10.0. The number of carbonyl (C=O) groups excluding carboxylic acids is 3. The first-order valence-electron chi connectivity index (χ1n) is 16.1. The Bertz CT molecular complexity index is 1930. The first kappa shape index (κ1) is 34.0. The molecule has 4 aromatic carbocycles. The third-order valence-corrected chi connectivity index (χ3v) is 10.5. The number of hydrogen-bond acceptors (Lipinski definition) is 8. The summed E-state index contributed by atoms with van der Waals surface area (Å²) in [5.74, 6) is -0.354. The molecule has 1 aliphatic heterocycles. The Hall–Kier alpha value is -4.90. The third kappa shape index (κ3) is 8.40. The van der Waals surface area contributed by atoms with Crippen LogP contribution in [0.15, 0.2) is 114 Å². The molecule has 0 spiro atoms. The maximum atomic E-state index is 14.2. The van der Waals surface area contributed by atoms with E-state index in [4.69, 9.17) is 9.47 Å². The number of ether oxygens (including phenoxy) is 2. The number of carbonyl (C=O) groups is 3. The molecular formula is C39H37N3O5S2. The number of nitrogens with zero attached hydrogens (tertiary/aromatic N) is 1. The molecule has 2 amide bonds. The number of hydrogen-bond donors (Lipinski definition) is 2. The van der Waals surface area contributed by atoms with Gasteiger partial charge in [-0.25, -0.2) is 4.79 Å². The van der Waals surface area contributed by atoms with E-state index < -0.39 is 11.2 Å². The van der Waals surface area contributed by atoms with Crippen molar-refractivity contribution < 1.29 is 23.9 Å². The summed E-state index contributed by atoms with van der Waals surface area (Å²) in [6.45, 7) is 4.31. The number of anilines is 2. The summed E-state index contributed by atoms with van der Waals surface area (Å²) >= 11 is 2.82. The molecule has 1 unspecified atom stereocenters. The van der Waals surface area contributed by atoms with Gasteiger partial charge in [-0.1, -0.05) is 72.8 Å². The minimum absolute atomic E-state index is 0.240. The van der Waals surface area contributed by atoms with Crippen molar-refractivity contribution in [3.63, 3.8) is 0 Å². The average molecular weight is 692 g/mol. The highest BCUT2D eigenvalue weighted by Crippen LogP contribution is 2.41. The molecule has 8 nitrogen and oxygen atoms in total. The highest BCUT2D eigenvalue weighted by Gasteiger charge is 2.31. The lowest BCUT2D eigenvalue weighted by Crippen LogP contribution is -2.30. The van der Waals surface area contributed by atoms with Crippen molar-refractivity contribution in [2.24, 2.45) is 0 Å². The molecule has 10 heteroatoms. The Kier molecular flexibility index (Phi) is 11.1. The summed E-state index contributed by atoms with van der Waals surface area (Å²) in [4.78, 5) is 44.7. The van der Waals surface area contributed by atoms with E-state index in [0.717, 1.165) is 34.0 Å². The zero-order valence-electron chi connectivity index (χ0n) is 27.3. The van der Waals surface area contributed by atoms with Crippen LogP contribution in [0.4, 0.5) is 10.7 Å². The summed E-state index contributed by atoms with van der Waals surface area (Å²) in [6, 6.07) is 34.2. The van der Waals surface area contributed by atoms with Gasteiger partial charge in [0.15, 0.2) is 0 Å². The van der Waals surface area contributed by atoms with Crippen molar-refractivity contribution in [3.8, 4) is 5.75 Å². The normalized spacial score (nSPS) is 13.2. The van der Waals surface area contributed by atoms with E-state index >= 15 is 0 Å². The second kappa shape index (κ2) is 16.0. The van der Waals surface area contributed by atoms with Crippen LogP contribution in [-0.2, 0) is 29.0 Å². The number of amides is 2. The van der Waals surface area contributed by atoms with E-state index in [1.807, 2.05) is 72.8 Å². The predicted molar refractivity (Wildman–Crippen MR) is 196 cm³/mol. The number of fused-ring (bicyclic) bond motifs is 1. The van der Waals surface area contributed by atoms with Crippen LogP contribution >= 0.6 is 23.1 Å². The van der Waals surface area contributed by atoms with Gasteiger partial charge in [-0.2, -0.15) is 0 Å². The van der Waals surface area contributed by atoms with Crippen LogP contribution in [0.3, 0.4) is 0 Å². The minimum atomic E-state index is -0.644. The van der Waals surface area contributed by atoms with Crippen LogP contribution in [0.2, 0.25) is 0 Å². The van der Waals surface area contributed by atoms with Crippen molar-refractivity contribution in [2.45, 2.75) is 36.6 Å². The fraction of sp³-hybridized carbons (Fsp3) is 0.205. The average Bonchev–Trinajstić information content (AvgIpc) is 3.48. The number of methoxy groups -OCH3 is 1. The molecule has 6 rings (SSSR count). The van der Waals surface area contributed by atoms with E-state index in [1.54, 1.807) is 38.3 Å². The fourth-order valence-electron chi connectivity index (χ4n) is 5.77. The van der Waals surface area contributed by atoms with Gasteiger partial charge in [0.1, 0.15) is 16.0 Å². The molecule has 0 radical (unpaired) electrons. The van der Waals surface area contributed by atoms with Crippen LogP contribution in [-0.4, -0.2) is 42.9 Å². The molecule has 0 fully saturated rings. The molecule has 0 aliphatic carbocycles. The number of nitrogens with one attached hydrogen (secondary N) is 2. The predicted octanol–water partition coefficient (Wildman–Crippen LogP) is 8.22. The van der Waals surface area contributed by atoms with Gasteiger partial charge in [0, 0.05) is 40.7 Å². The maximum absolute atomic E-state index is 14.2. The topological polar surface area (TPSA) is 97.0 Å². The van der Waals surface area contributed by atoms with Crippen LogP contribution in [0, 0.1) is 0 Å². The Balaban J connectivity index is 1.24. The summed E-state index contributed by atoms with van der Waals surface area (Å²) in [7, 11) is 1.56. The molecule has 1 aliphatic rings. The highest BCUT2D eigenvalue weighted by atomic mass is 32.2. The van der Waals surface area contributed by atoms with E-state index in [1.165, 1.54) is 28.7 Å². The van der Waals surface area contributed by atoms with E-state index in [-0.39, 0.29) is 18.4 Å². The molecule has 0 saturated heterocycles. The standard InChI is InChI=1S/C39H37N3O5S2/c1-3-47-39(45)34-32-20-21-42(24-26-12-6-4-7-13-26)25-33(32)49-38(34)41-37(44)35(27-14-8-5-9-15-27)48-31-19-11-17-29(23-31)40-36(43)28-16-10-18-30(22-28)46-2/h4-19,22-23,35H,3,20-21,24-25H2,1-2H3,(H,40,43)(H,41,44). The summed E-state index contributed by atoms with van der Waals surface area (Å²) in [5, 5.41) is 5.94. The van der Waals surface area contributed by atoms with Crippen LogP contribution in [0.5, 0.6) is 5.75 Å². The van der Waals surface area contributed by atoms with E-state index in [2.05, 4.69) is 27.7 Å². The van der Waals surface area contributed by atoms with Gasteiger partial charge in [-0.3, -0.25) is 14.5 Å². The number of benzene rings is 4. The molecule has 2 heterocycles. The fourth-order valence-corrected chi connectivity index (χ4v) is 8.13. The number of thiophene rings is 1. The van der Waals surface area contributed by atoms with Crippen LogP contribution < -0.4 is 15.4 Å². The van der Waals surface area contributed by atoms with Crippen molar-refractivity contribution >= 4 is 51.6 Å².